The number of imidazole rings is 1. The van der Waals surface area contributed by atoms with Crippen LogP contribution in [0.15, 0.2) is 40.6 Å². The first-order chi connectivity index (χ1) is 10.5. The number of rotatable bonds is 6. The Hall–Kier alpha value is -1.86. The molecule has 0 fully saturated rings. The van der Waals surface area contributed by atoms with Gasteiger partial charge in [0.15, 0.2) is 5.16 Å². The van der Waals surface area contributed by atoms with Gasteiger partial charge in [-0.15, -0.1) is 0 Å². The van der Waals surface area contributed by atoms with Crippen molar-refractivity contribution >= 4 is 23.4 Å². The van der Waals surface area contributed by atoms with Crippen LogP contribution < -0.4 is 10.6 Å². The molecule has 0 bridgehead atoms. The number of carbonyl (C=O) groups is 1. The molecule has 0 aliphatic heterocycles. The Morgan fingerprint density at radius 1 is 1.50 bits per heavy atom. The first-order valence-electron chi connectivity index (χ1n) is 6.91. The van der Waals surface area contributed by atoms with E-state index in [4.69, 9.17) is 0 Å². The van der Waals surface area contributed by atoms with E-state index < -0.39 is 0 Å². The number of nitrogens with one attached hydrogen (secondary N) is 2. The highest BCUT2D eigenvalue weighted by atomic mass is 32.2. The Balaban J connectivity index is 2.21. The highest BCUT2D eigenvalue weighted by Crippen LogP contribution is 2.33. The van der Waals surface area contributed by atoms with E-state index in [2.05, 4.69) is 15.6 Å². The van der Waals surface area contributed by atoms with Gasteiger partial charge in [-0.2, -0.15) is 0 Å². The van der Waals surface area contributed by atoms with Crippen LogP contribution in [0.4, 0.5) is 10.1 Å². The standard InChI is InChI=1S/C15H19FN4OS/c1-10(9-17-2)14(21)19-12-8-11(16)4-5-13(12)22-15-18-6-7-20(15)3/h4-8,10,17H,9H2,1-3H3,(H,19,21). The molecule has 0 spiro atoms. The first kappa shape index (κ1) is 16.5. The predicted molar refractivity (Wildman–Crippen MR) is 85.5 cm³/mol. The van der Waals surface area contributed by atoms with Crippen LogP contribution in [0.3, 0.4) is 0 Å². The number of hydrogen-bond donors (Lipinski definition) is 2. The highest BCUT2D eigenvalue weighted by Gasteiger charge is 2.15. The van der Waals surface area contributed by atoms with Crippen molar-refractivity contribution in [1.29, 1.82) is 0 Å². The summed E-state index contributed by atoms with van der Waals surface area (Å²) in [6.07, 6.45) is 3.53. The molecular formula is C15H19FN4OS. The van der Waals surface area contributed by atoms with Crippen molar-refractivity contribution in [1.82, 2.24) is 14.9 Å². The summed E-state index contributed by atoms with van der Waals surface area (Å²) in [5, 5.41) is 6.51. The third-order valence-electron chi connectivity index (χ3n) is 3.14. The zero-order valence-corrected chi connectivity index (χ0v) is 13.6. The summed E-state index contributed by atoms with van der Waals surface area (Å²) in [5.41, 5.74) is 0.459. The Labute approximate surface area is 133 Å². The number of nitrogens with zero attached hydrogens (tertiary/aromatic N) is 2. The quantitative estimate of drug-likeness (QED) is 0.858. The number of carbonyl (C=O) groups excluding carboxylic acids is 1. The molecule has 1 atom stereocenters. The molecule has 22 heavy (non-hydrogen) atoms. The summed E-state index contributed by atoms with van der Waals surface area (Å²) >= 11 is 1.38. The topological polar surface area (TPSA) is 59.0 Å². The lowest BCUT2D eigenvalue weighted by Crippen LogP contribution is -2.28. The summed E-state index contributed by atoms with van der Waals surface area (Å²) < 4.78 is 15.4. The zero-order valence-electron chi connectivity index (χ0n) is 12.8. The molecule has 2 aromatic rings. The van der Waals surface area contributed by atoms with E-state index in [9.17, 15) is 9.18 Å². The smallest absolute Gasteiger partial charge is 0.228 e. The second kappa shape index (κ2) is 7.42. The van der Waals surface area contributed by atoms with Crippen LogP contribution in [-0.4, -0.2) is 29.1 Å². The number of amides is 1. The Bertz CT molecular complexity index is 659. The van der Waals surface area contributed by atoms with Gasteiger partial charge in [-0.25, -0.2) is 9.37 Å². The minimum atomic E-state index is -0.388. The molecule has 1 aromatic carbocycles. The normalized spacial score (nSPS) is 12.2. The fraction of sp³-hybridized carbons (Fsp3) is 0.333. The fourth-order valence-corrected chi connectivity index (χ4v) is 2.76. The second-order valence-corrected chi connectivity index (χ2v) is 6.02. The number of anilines is 1. The Morgan fingerprint density at radius 3 is 2.91 bits per heavy atom. The summed E-state index contributed by atoms with van der Waals surface area (Å²) in [6, 6.07) is 4.35. The van der Waals surface area contributed by atoms with Crippen molar-refractivity contribution in [2.45, 2.75) is 17.0 Å². The van der Waals surface area contributed by atoms with E-state index in [1.165, 1.54) is 23.9 Å². The molecule has 7 heteroatoms. The van der Waals surface area contributed by atoms with Gasteiger partial charge in [0.25, 0.3) is 0 Å². The third kappa shape index (κ3) is 4.08. The van der Waals surface area contributed by atoms with Crippen LogP contribution in [-0.2, 0) is 11.8 Å². The van der Waals surface area contributed by atoms with Gasteiger partial charge >= 0.3 is 0 Å². The number of aryl methyl sites for hydroxylation is 1. The van der Waals surface area contributed by atoms with Crippen molar-refractivity contribution in [3.8, 4) is 0 Å². The largest absolute Gasteiger partial charge is 0.329 e. The monoisotopic (exact) mass is 322 g/mol. The lowest BCUT2D eigenvalue weighted by molar-refractivity contribution is -0.119. The number of benzene rings is 1. The van der Waals surface area contributed by atoms with Crippen LogP contribution in [0, 0.1) is 11.7 Å². The average Bonchev–Trinajstić information content (AvgIpc) is 2.87. The van der Waals surface area contributed by atoms with E-state index >= 15 is 0 Å². The maximum atomic E-state index is 13.5. The van der Waals surface area contributed by atoms with Crippen LogP contribution in [0.5, 0.6) is 0 Å². The molecule has 1 heterocycles. The molecule has 0 saturated heterocycles. The van der Waals surface area contributed by atoms with Gasteiger partial charge in [0, 0.05) is 36.8 Å². The maximum absolute atomic E-state index is 13.5. The fourth-order valence-electron chi connectivity index (χ4n) is 1.89. The lowest BCUT2D eigenvalue weighted by Gasteiger charge is -2.14. The number of hydrogen-bond acceptors (Lipinski definition) is 4. The SMILES string of the molecule is CNCC(C)C(=O)Nc1cc(F)ccc1Sc1nccn1C. The lowest BCUT2D eigenvalue weighted by atomic mass is 10.1. The van der Waals surface area contributed by atoms with Crippen molar-refractivity contribution < 1.29 is 9.18 Å². The summed E-state index contributed by atoms with van der Waals surface area (Å²) in [5.74, 6) is -0.748. The van der Waals surface area contributed by atoms with E-state index in [0.29, 0.717) is 12.2 Å². The van der Waals surface area contributed by atoms with Gasteiger partial charge in [-0.3, -0.25) is 4.79 Å². The molecule has 5 nitrogen and oxygen atoms in total. The van der Waals surface area contributed by atoms with Crippen molar-refractivity contribution in [3.05, 3.63) is 36.4 Å². The Kier molecular flexibility index (Phi) is 5.57. The minimum Gasteiger partial charge on any atom is -0.329 e. The van der Waals surface area contributed by atoms with Crippen LogP contribution in [0.2, 0.25) is 0 Å². The summed E-state index contributed by atoms with van der Waals surface area (Å²) in [7, 11) is 3.67. The van der Waals surface area contributed by atoms with Gasteiger partial charge < -0.3 is 15.2 Å². The van der Waals surface area contributed by atoms with Gasteiger partial charge in [0.2, 0.25) is 5.91 Å². The van der Waals surface area contributed by atoms with Gasteiger partial charge in [0.05, 0.1) is 5.69 Å². The van der Waals surface area contributed by atoms with Gasteiger partial charge in [-0.05, 0) is 37.0 Å². The molecular weight excluding hydrogens is 303 g/mol. The number of halogens is 1. The molecule has 0 saturated carbocycles. The van der Waals surface area contributed by atoms with Crippen LogP contribution in [0.25, 0.3) is 0 Å². The molecule has 1 amide bonds. The number of aromatic nitrogens is 2. The average molecular weight is 322 g/mol. The summed E-state index contributed by atoms with van der Waals surface area (Å²) in [4.78, 5) is 17.1. The van der Waals surface area contributed by atoms with Crippen molar-refractivity contribution in [3.63, 3.8) is 0 Å². The molecule has 0 radical (unpaired) electrons. The molecule has 118 valence electrons. The van der Waals surface area contributed by atoms with Crippen molar-refractivity contribution in [2.75, 3.05) is 18.9 Å². The predicted octanol–water partition coefficient (Wildman–Crippen LogP) is 2.50. The van der Waals surface area contributed by atoms with E-state index in [1.807, 2.05) is 24.7 Å². The molecule has 2 N–H and O–H groups in total. The molecule has 0 aliphatic carbocycles. The molecule has 0 aliphatic rings. The van der Waals surface area contributed by atoms with E-state index in [-0.39, 0.29) is 17.6 Å². The zero-order chi connectivity index (χ0) is 16.1. The first-order valence-corrected chi connectivity index (χ1v) is 7.73. The van der Waals surface area contributed by atoms with Gasteiger partial charge in [0.1, 0.15) is 5.82 Å². The van der Waals surface area contributed by atoms with Crippen molar-refractivity contribution in [2.24, 2.45) is 13.0 Å². The molecule has 1 unspecified atom stereocenters. The molecule has 1 aromatic heterocycles. The summed E-state index contributed by atoms with van der Waals surface area (Å²) in [6.45, 7) is 2.37. The highest BCUT2D eigenvalue weighted by molar-refractivity contribution is 7.99. The van der Waals surface area contributed by atoms with E-state index in [0.717, 1.165) is 10.1 Å². The molecule has 2 rings (SSSR count). The van der Waals surface area contributed by atoms with Crippen LogP contribution >= 0.6 is 11.8 Å². The third-order valence-corrected chi connectivity index (χ3v) is 4.29. The minimum absolute atomic E-state index is 0.151. The second-order valence-electron chi connectivity index (χ2n) is 5.01. The van der Waals surface area contributed by atoms with Gasteiger partial charge in [-0.1, -0.05) is 6.92 Å². The van der Waals surface area contributed by atoms with Crippen LogP contribution in [0.1, 0.15) is 6.92 Å². The van der Waals surface area contributed by atoms with E-state index in [1.54, 1.807) is 19.3 Å². The maximum Gasteiger partial charge on any atom is 0.228 e. The Morgan fingerprint density at radius 2 is 2.27 bits per heavy atom.